The Balaban J connectivity index is 1.33. The number of ether oxygens (including phenoxy) is 1. The molecule has 1 aliphatic heterocycles. The average molecular weight is 565 g/mol. The molecule has 6 nitrogen and oxygen atoms in total. The first kappa shape index (κ1) is 28.5. The van der Waals surface area contributed by atoms with Gasteiger partial charge in [-0.05, 0) is 87.8 Å². The number of aliphatic hydroxyl groups excluding tert-OH is 1. The highest BCUT2D eigenvalue weighted by molar-refractivity contribution is 7.99. The van der Waals surface area contributed by atoms with Crippen LogP contribution in [0.2, 0.25) is 5.02 Å². The molecule has 10 heteroatoms. The number of piperidine rings is 1. The molecule has 2 heterocycles. The molecule has 0 bridgehead atoms. The molecule has 0 aliphatic carbocycles. The number of hydrogen-bond donors (Lipinski definition) is 2. The first-order valence-electron chi connectivity index (χ1n) is 12.6. The fraction of sp³-hybridized carbons (Fsp3) is 0.429. The standard InChI is InChI=1S/C28H31ClF2N2O4S/c1-37-18-6-7-22-19(16-18)25(20(29)17-32-22)23(34)8-9-28(27(35)36)10-13-33(14-11-28)12-3-15-38-24-5-2-4-21(30)26(24)31/h2,4-7,16-17,23,34H,3,8-15H2,1H3,(H,35,36)/t23-/m1/s1. The zero-order valence-electron chi connectivity index (χ0n) is 21.1. The number of fused-ring (bicyclic) bond motifs is 1. The van der Waals surface area contributed by atoms with E-state index < -0.39 is 29.1 Å². The lowest BCUT2D eigenvalue weighted by molar-refractivity contribution is -0.153. The van der Waals surface area contributed by atoms with Crippen molar-refractivity contribution in [1.82, 2.24) is 9.88 Å². The Hall–Kier alpha value is -2.46. The topological polar surface area (TPSA) is 82.9 Å². The molecule has 1 fully saturated rings. The van der Waals surface area contributed by atoms with Crippen LogP contribution in [-0.4, -0.2) is 58.6 Å². The highest BCUT2D eigenvalue weighted by Crippen LogP contribution is 2.41. The quantitative estimate of drug-likeness (QED) is 0.208. The van der Waals surface area contributed by atoms with Crippen molar-refractivity contribution in [3.63, 3.8) is 0 Å². The van der Waals surface area contributed by atoms with Crippen molar-refractivity contribution in [2.75, 3.05) is 32.5 Å². The molecule has 1 aromatic heterocycles. The van der Waals surface area contributed by atoms with E-state index in [4.69, 9.17) is 16.3 Å². The van der Waals surface area contributed by atoms with Gasteiger partial charge >= 0.3 is 5.97 Å². The zero-order chi connectivity index (χ0) is 27.3. The Kier molecular flexibility index (Phi) is 9.46. The third-order valence-electron chi connectivity index (χ3n) is 7.36. The molecule has 2 aromatic carbocycles. The molecule has 0 amide bonds. The highest BCUT2D eigenvalue weighted by atomic mass is 35.5. The maximum absolute atomic E-state index is 13.8. The van der Waals surface area contributed by atoms with Crippen LogP contribution in [0.1, 0.15) is 43.8 Å². The number of thioether (sulfide) groups is 1. The van der Waals surface area contributed by atoms with E-state index in [-0.39, 0.29) is 6.42 Å². The van der Waals surface area contributed by atoms with Gasteiger partial charge in [-0.2, -0.15) is 0 Å². The number of aliphatic carboxylic acids is 1. The maximum Gasteiger partial charge on any atom is 0.309 e. The van der Waals surface area contributed by atoms with Crippen LogP contribution in [-0.2, 0) is 4.79 Å². The van der Waals surface area contributed by atoms with Crippen molar-refractivity contribution in [3.05, 3.63) is 64.8 Å². The van der Waals surface area contributed by atoms with Gasteiger partial charge in [-0.3, -0.25) is 9.78 Å². The summed E-state index contributed by atoms with van der Waals surface area (Å²) in [5.41, 5.74) is 0.272. The van der Waals surface area contributed by atoms with E-state index in [0.29, 0.717) is 70.2 Å². The van der Waals surface area contributed by atoms with Gasteiger partial charge in [-0.15, -0.1) is 11.8 Å². The number of halogens is 3. The smallest absolute Gasteiger partial charge is 0.309 e. The molecule has 3 aromatic rings. The van der Waals surface area contributed by atoms with E-state index in [1.54, 1.807) is 31.4 Å². The summed E-state index contributed by atoms with van der Waals surface area (Å²) in [5.74, 6) is -1.26. The van der Waals surface area contributed by atoms with Gasteiger partial charge in [0.05, 0.1) is 29.2 Å². The van der Waals surface area contributed by atoms with Gasteiger partial charge in [0.15, 0.2) is 11.6 Å². The lowest BCUT2D eigenvalue weighted by Gasteiger charge is -2.39. The molecule has 2 N–H and O–H groups in total. The van der Waals surface area contributed by atoms with Gasteiger partial charge in [-0.25, -0.2) is 8.78 Å². The van der Waals surface area contributed by atoms with Gasteiger partial charge < -0.3 is 19.8 Å². The molecule has 204 valence electrons. The van der Waals surface area contributed by atoms with E-state index in [1.807, 2.05) is 0 Å². The fourth-order valence-corrected chi connectivity index (χ4v) is 6.20. The number of pyridine rings is 1. The molecule has 4 rings (SSSR count). The molecule has 38 heavy (non-hydrogen) atoms. The van der Waals surface area contributed by atoms with Crippen LogP contribution in [0.5, 0.6) is 5.75 Å². The summed E-state index contributed by atoms with van der Waals surface area (Å²) in [7, 11) is 1.56. The summed E-state index contributed by atoms with van der Waals surface area (Å²) in [6.07, 6.45) is 2.83. The molecule has 1 aliphatic rings. The average Bonchev–Trinajstić information content (AvgIpc) is 2.92. The minimum atomic E-state index is -0.949. The number of aliphatic hydroxyl groups is 1. The summed E-state index contributed by atoms with van der Waals surface area (Å²) in [6, 6.07) is 9.52. The maximum atomic E-state index is 13.8. The third-order valence-corrected chi connectivity index (χ3v) is 8.78. The van der Waals surface area contributed by atoms with Gasteiger partial charge in [0.2, 0.25) is 0 Å². The molecule has 0 unspecified atom stereocenters. The van der Waals surface area contributed by atoms with Gasteiger partial charge in [0, 0.05) is 22.0 Å². The second-order valence-corrected chi connectivity index (χ2v) is 11.2. The van der Waals surface area contributed by atoms with Crippen molar-refractivity contribution in [1.29, 1.82) is 0 Å². The summed E-state index contributed by atoms with van der Waals surface area (Å²) in [5, 5.41) is 22.2. The highest BCUT2D eigenvalue weighted by Gasteiger charge is 2.41. The van der Waals surface area contributed by atoms with Gasteiger partial charge in [-0.1, -0.05) is 17.7 Å². The molecule has 1 saturated heterocycles. The van der Waals surface area contributed by atoms with Crippen LogP contribution in [0.4, 0.5) is 8.78 Å². The Morgan fingerprint density at radius 3 is 2.74 bits per heavy atom. The number of carboxylic acid groups (broad SMARTS) is 1. The Bertz CT molecular complexity index is 1290. The van der Waals surface area contributed by atoms with Crippen LogP contribution < -0.4 is 4.74 Å². The molecule has 1 atom stereocenters. The number of rotatable bonds is 11. The first-order valence-corrected chi connectivity index (χ1v) is 13.9. The number of methoxy groups -OCH3 is 1. The predicted molar refractivity (Wildman–Crippen MR) is 145 cm³/mol. The van der Waals surface area contributed by atoms with Crippen molar-refractivity contribution in [2.45, 2.75) is 43.1 Å². The lowest BCUT2D eigenvalue weighted by Crippen LogP contribution is -2.44. The number of benzene rings is 2. The van der Waals surface area contributed by atoms with Crippen molar-refractivity contribution >= 4 is 40.2 Å². The molecular formula is C28H31ClF2N2O4S. The number of carboxylic acids is 1. The van der Waals surface area contributed by atoms with E-state index in [9.17, 15) is 23.8 Å². The first-order chi connectivity index (χ1) is 18.2. The van der Waals surface area contributed by atoms with Gasteiger partial charge in [0.25, 0.3) is 0 Å². The second kappa shape index (κ2) is 12.6. The van der Waals surface area contributed by atoms with Crippen LogP contribution >= 0.6 is 23.4 Å². The van der Waals surface area contributed by atoms with Crippen LogP contribution in [0.3, 0.4) is 0 Å². The Labute approximate surface area is 230 Å². The van der Waals surface area contributed by atoms with E-state index >= 15 is 0 Å². The second-order valence-electron chi connectivity index (χ2n) is 9.64. The number of hydrogen-bond acceptors (Lipinski definition) is 6. The fourth-order valence-electron chi connectivity index (χ4n) is 5.03. The normalized spacial score (nSPS) is 16.4. The summed E-state index contributed by atoms with van der Waals surface area (Å²) >= 11 is 7.70. The van der Waals surface area contributed by atoms with E-state index in [0.717, 1.165) is 19.0 Å². The number of carbonyl (C=O) groups is 1. The summed E-state index contributed by atoms with van der Waals surface area (Å²) in [4.78, 5) is 19.2. The minimum Gasteiger partial charge on any atom is -0.497 e. The van der Waals surface area contributed by atoms with Crippen LogP contribution in [0, 0.1) is 17.0 Å². The summed E-state index contributed by atoms with van der Waals surface area (Å²) < 4.78 is 32.5. The van der Waals surface area contributed by atoms with Crippen molar-refractivity contribution < 1.29 is 28.5 Å². The Morgan fingerprint density at radius 2 is 2.03 bits per heavy atom. The number of aromatic nitrogens is 1. The minimum absolute atomic E-state index is 0.248. The third kappa shape index (κ3) is 6.39. The SMILES string of the molecule is COc1ccc2ncc(Cl)c([C@H](O)CCC3(C(=O)O)CCN(CCCSc4cccc(F)c4F)CC3)c2c1. The number of nitrogens with zero attached hydrogens (tertiary/aromatic N) is 2. The van der Waals surface area contributed by atoms with Crippen LogP contribution in [0.15, 0.2) is 47.5 Å². The zero-order valence-corrected chi connectivity index (χ0v) is 22.7. The van der Waals surface area contributed by atoms with Gasteiger partial charge in [0.1, 0.15) is 5.75 Å². The summed E-state index contributed by atoms with van der Waals surface area (Å²) in [6.45, 7) is 2.00. The van der Waals surface area contributed by atoms with E-state index in [1.165, 1.54) is 24.0 Å². The monoisotopic (exact) mass is 564 g/mol. The van der Waals surface area contributed by atoms with Crippen molar-refractivity contribution in [3.8, 4) is 5.75 Å². The molecule has 0 radical (unpaired) electrons. The Morgan fingerprint density at radius 1 is 1.26 bits per heavy atom. The van der Waals surface area contributed by atoms with Crippen molar-refractivity contribution in [2.24, 2.45) is 5.41 Å². The number of likely N-dealkylation sites (tertiary alicyclic amines) is 1. The van der Waals surface area contributed by atoms with E-state index in [2.05, 4.69) is 9.88 Å². The lowest BCUT2D eigenvalue weighted by atomic mass is 9.74. The largest absolute Gasteiger partial charge is 0.497 e. The molecule has 0 spiro atoms. The van der Waals surface area contributed by atoms with Crippen LogP contribution in [0.25, 0.3) is 10.9 Å². The molecule has 0 saturated carbocycles. The molecular weight excluding hydrogens is 534 g/mol. The predicted octanol–water partition coefficient (Wildman–Crippen LogP) is 6.34.